The summed E-state index contributed by atoms with van der Waals surface area (Å²) in [6.07, 6.45) is 0.629. The second-order valence-corrected chi connectivity index (χ2v) is 7.23. The van der Waals surface area contributed by atoms with E-state index in [-0.39, 0.29) is 0 Å². The quantitative estimate of drug-likeness (QED) is 0.623. The lowest BCUT2D eigenvalue weighted by Crippen LogP contribution is -2.53. The molecule has 2 rings (SSSR count). The highest BCUT2D eigenvalue weighted by Crippen LogP contribution is 2.41. The number of benzene rings is 1. The Morgan fingerprint density at radius 3 is 2.22 bits per heavy atom. The summed E-state index contributed by atoms with van der Waals surface area (Å²) in [4.78, 5) is 25.0. The molecule has 0 N–H and O–H groups in total. The first-order valence-corrected chi connectivity index (χ1v) is 8.17. The van der Waals surface area contributed by atoms with Crippen LogP contribution in [-0.4, -0.2) is 17.7 Å². The third kappa shape index (κ3) is 3.26. The maximum absolute atomic E-state index is 12.5. The largest absolute Gasteiger partial charge is 0.422 e. The van der Waals surface area contributed by atoms with Crippen LogP contribution in [0.2, 0.25) is 0 Å². The van der Waals surface area contributed by atoms with E-state index in [0.717, 1.165) is 5.56 Å². The predicted octanol–water partition coefficient (Wildman–Crippen LogP) is 3.93. The van der Waals surface area contributed by atoms with Crippen molar-refractivity contribution < 1.29 is 19.1 Å². The number of carbonyl (C=O) groups excluding carboxylic acids is 2. The number of cyclic esters (lactones) is 2. The van der Waals surface area contributed by atoms with Gasteiger partial charge in [0, 0.05) is 19.3 Å². The van der Waals surface area contributed by atoms with Crippen LogP contribution in [0.5, 0.6) is 0 Å². The monoisotopic (exact) mass is 318 g/mol. The number of esters is 2. The molecule has 1 heterocycles. The smallest absolute Gasteiger partial charge is 0.324 e. The summed E-state index contributed by atoms with van der Waals surface area (Å²) < 4.78 is 10.6. The second-order valence-electron chi connectivity index (χ2n) is 7.23. The third-order valence-corrected chi connectivity index (χ3v) is 4.75. The van der Waals surface area contributed by atoms with Crippen LogP contribution in [0.4, 0.5) is 0 Å². The number of carbonyl (C=O) groups is 2. The van der Waals surface area contributed by atoms with E-state index in [2.05, 4.69) is 26.0 Å². The Kier molecular flexibility index (Phi) is 4.56. The van der Waals surface area contributed by atoms with E-state index in [1.54, 1.807) is 13.8 Å². The van der Waals surface area contributed by atoms with E-state index in [4.69, 9.17) is 9.47 Å². The molecule has 126 valence electrons. The molecule has 1 aliphatic rings. The van der Waals surface area contributed by atoms with E-state index in [1.165, 1.54) is 5.56 Å². The van der Waals surface area contributed by atoms with Crippen molar-refractivity contribution in [1.82, 2.24) is 0 Å². The van der Waals surface area contributed by atoms with Gasteiger partial charge in [-0.3, -0.25) is 9.59 Å². The molecule has 0 spiro atoms. The molecule has 4 nitrogen and oxygen atoms in total. The van der Waals surface area contributed by atoms with Gasteiger partial charge in [-0.2, -0.15) is 0 Å². The molecular weight excluding hydrogens is 292 g/mol. The normalized spacial score (nSPS) is 20.8. The molecule has 1 aliphatic heterocycles. The van der Waals surface area contributed by atoms with Crippen LogP contribution in [-0.2, 0) is 24.5 Å². The first-order valence-electron chi connectivity index (χ1n) is 8.17. The molecule has 1 atom stereocenters. The van der Waals surface area contributed by atoms with Gasteiger partial charge in [0.2, 0.25) is 0 Å². The zero-order valence-electron chi connectivity index (χ0n) is 14.8. The average Bonchev–Trinajstić information content (AvgIpc) is 2.44. The van der Waals surface area contributed by atoms with Crippen LogP contribution >= 0.6 is 0 Å². The fourth-order valence-electron chi connectivity index (χ4n) is 3.07. The first kappa shape index (κ1) is 17.5. The van der Waals surface area contributed by atoms with Gasteiger partial charge >= 0.3 is 11.9 Å². The molecule has 0 aromatic heterocycles. The Hall–Kier alpha value is -1.84. The van der Waals surface area contributed by atoms with E-state index < -0.39 is 29.1 Å². The lowest BCUT2D eigenvalue weighted by Gasteiger charge is -2.41. The minimum Gasteiger partial charge on any atom is -0.422 e. The number of ether oxygens (including phenoxy) is 2. The maximum atomic E-state index is 12.5. The maximum Gasteiger partial charge on any atom is 0.324 e. The van der Waals surface area contributed by atoms with Crippen LogP contribution in [0.15, 0.2) is 24.3 Å². The highest BCUT2D eigenvalue weighted by molar-refractivity contribution is 5.98. The Balaban J connectivity index is 2.46. The van der Waals surface area contributed by atoms with Gasteiger partial charge in [-0.15, -0.1) is 0 Å². The van der Waals surface area contributed by atoms with Crippen LogP contribution < -0.4 is 0 Å². The standard InChI is InChI=1S/C19H26O4/c1-7-19(6,14-10-8-9-13(11-14)12(2)3)15-16(20)22-18(4,5)23-17(15)21/h8-12,15H,7H2,1-6H3/t19-/m0/s1. The molecule has 1 fully saturated rings. The van der Waals surface area contributed by atoms with Crippen molar-refractivity contribution in [2.75, 3.05) is 0 Å². The van der Waals surface area contributed by atoms with Gasteiger partial charge in [0.15, 0.2) is 5.92 Å². The van der Waals surface area contributed by atoms with Crippen molar-refractivity contribution in [2.24, 2.45) is 5.92 Å². The van der Waals surface area contributed by atoms with Crippen molar-refractivity contribution >= 4 is 11.9 Å². The van der Waals surface area contributed by atoms with Crippen molar-refractivity contribution in [2.45, 2.75) is 65.1 Å². The van der Waals surface area contributed by atoms with Gasteiger partial charge in [0.25, 0.3) is 5.79 Å². The van der Waals surface area contributed by atoms with Gasteiger partial charge in [-0.1, -0.05) is 52.0 Å². The molecule has 0 saturated carbocycles. The summed E-state index contributed by atoms with van der Waals surface area (Å²) in [7, 11) is 0. The Labute approximate surface area is 138 Å². The Morgan fingerprint density at radius 1 is 1.17 bits per heavy atom. The van der Waals surface area contributed by atoms with Crippen LogP contribution in [0.1, 0.15) is 65.0 Å². The summed E-state index contributed by atoms with van der Waals surface area (Å²) >= 11 is 0. The van der Waals surface area contributed by atoms with Gasteiger partial charge in [-0.05, 0) is 23.5 Å². The molecule has 0 aliphatic carbocycles. The van der Waals surface area contributed by atoms with E-state index >= 15 is 0 Å². The summed E-state index contributed by atoms with van der Waals surface area (Å²) in [6, 6.07) is 8.08. The summed E-state index contributed by atoms with van der Waals surface area (Å²) in [6.45, 7) is 11.3. The van der Waals surface area contributed by atoms with Gasteiger partial charge in [-0.25, -0.2) is 0 Å². The molecule has 0 amide bonds. The van der Waals surface area contributed by atoms with Crippen molar-refractivity contribution in [3.8, 4) is 0 Å². The van der Waals surface area contributed by atoms with Crippen LogP contribution in [0.25, 0.3) is 0 Å². The molecule has 0 bridgehead atoms. The first-order chi connectivity index (χ1) is 10.6. The van der Waals surface area contributed by atoms with E-state index in [1.807, 2.05) is 26.0 Å². The average molecular weight is 318 g/mol. The van der Waals surface area contributed by atoms with Crippen LogP contribution in [0.3, 0.4) is 0 Å². The van der Waals surface area contributed by atoms with E-state index in [9.17, 15) is 9.59 Å². The third-order valence-electron chi connectivity index (χ3n) is 4.75. The summed E-state index contributed by atoms with van der Waals surface area (Å²) in [5.41, 5.74) is 1.49. The molecule has 1 saturated heterocycles. The SMILES string of the molecule is CC[C@@](C)(c1cccc(C(C)C)c1)C1C(=O)OC(C)(C)OC1=O. The molecule has 0 radical (unpaired) electrons. The number of rotatable bonds is 4. The summed E-state index contributed by atoms with van der Waals surface area (Å²) in [5.74, 6) is -2.78. The van der Waals surface area contributed by atoms with Crippen molar-refractivity contribution in [3.63, 3.8) is 0 Å². The molecule has 4 heteroatoms. The van der Waals surface area contributed by atoms with Gasteiger partial charge < -0.3 is 9.47 Å². The molecule has 1 aromatic carbocycles. The van der Waals surface area contributed by atoms with Gasteiger partial charge in [0.05, 0.1) is 0 Å². The lowest BCUT2D eigenvalue weighted by molar-refractivity contribution is -0.243. The fourth-order valence-corrected chi connectivity index (χ4v) is 3.07. The minimum absolute atomic E-state index is 0.375. The highest BCUT2D eigenvalue weighted by Gasteiger charge is 2.52. The molecular formula is C19H26O4. The zero-order valence-corrected chi connectivity index (χ0v) is 14.8. The van der Waals surface area contributed by atoms with Crippen molar-refractivity contribution in [3.05, 3.63) is 35.4 Å². The lowest BCUT2D eigenvalue weighted by atomic mass is 9.69. The summed E-state index contributed by atoms with van der Waals surface area (Å²) in [5, 5.41) is 0. The fraction of sp³-hybridized carbons (Fsp3) is 0.579. The highest BCUT2D eigenvalue weighted by atomic mass is 16.7. The van der Waals surface area contributed by atoms with Crippen molar-refractivity contribution in [1.29, 1.82) is 0 Å². The van der Waals surface area contributed by atoms with Gasteiger partial charge in [0.1, 0.15) is 0 Å². The number of hydrogen-bond acceptors (Lipinski definition) is 4. The predicted molar refractivity (Wildman–Crippen MR) is 87.9 cm³/mol. The minimum atomic E-state index is -1.20. The molecule has 23 heavy (non-hydrogen) atoms. The molecule has 1 aromatic rings. The van der Waals surface area contributed by atoms with Crippen LogP contribution in [0, 0.1) is 5.92 Å². The Morgan fingerprint density at radius 2 is 1.74 bits per heavy atom. The second kappa shape index (κ2) is 5.99. The van der Waals surface area contributed by atoms with E-state index in [0.29, 0.717) is 12.3 Å². The number of hydrogen-bond donors (Lipinski definition) is 0. The Bertz CT molecular complexity index is 598. The zero-order chi connectivity index (χ0) is 17.4. The topological polar surface area (TPSA) is 52.6 Å². The molecule has 0 unspecified atom stereocenters.